The Morgan fingerprint density at radius 3 is 2.50 bits per heavy atom. The van der Waals surface area contributed by atoms with Gasteiger partial charge in [-0.2, -0.15) is 17.7 Å². The van der Waals surface area contributed by atoms with Crippen LogP contribution in [0.3, 0.4) is 0 Å². The van der Waals surface area contributed by atoms with Crippen molar-refractivity contribution in [2.45, 2.75) is 19.8 Å². The molecule has 0 atom stereocenters. The normalized spacial score (nSPS) is 9.25. The summed E-state index contributed by atoms with van der Waals surface area (Å²) in [6.07, 6.45) is 1.87. The minimum Gasteiger partial charge on any atom is -0.376 e. The van der Waals surface area contributed by atoms with Crippen LogP contribution in [0.5, 0.6) is 0 Å². The van der Waals surface area contributed by atoms with Gasteiger partial charge in [-0.3, -0.25) is 0 Å². The minimum absolute atomic E-state index is 0. The third-order valence-corrected chi connectivity index (χ3v) is 1.67. The van der Waals surface area contributed by atoms with Gasteiger partial charge in [-0.05, 0) is 5.92 Å². The molecule has 0 aliphatic carbocycles. The maximum absolute atomic E-state index is 10.3. The molecule has 1 nitrogen and oxygen atoms in total. The Labute approximate surface area is 96.9 Å². The summed E-state index contributed by atoms with van der Waals surface area (Å²) in [5.74, 6) is 0.475. The molecule has 1 aromatic rings. The third-order valence-electron chi connectivity index (χ3n) is 1.67. The van der Waals surface area contributed by atoms with Crippen molar-refractivity contribution < 1.29 is 35.9 Å². The summed E-state index contributed by atoms with van der Waals surface area (Å²) in [6, 6.07) is 7.54. The van der Waals surface area contributed by atoms with Crippen LogP contribution in [0.2, 0.25) is 0 Å². The Morgan fingerprint density at radius 1 is 1.33 bits per heavy atom. The van der Waals surface area contributed by atoms with Crippen molar-refractivity contribution in [3.8, 4) is 0 Å². The fourth-order valence-electron chi connectivity index (χ4n) is 0.961. The first kappa shape index (κ1) is 11.9. The molecule has 0 bridgehead atoms. The van der Waals surface area contributed by atoms with Crippen LogP contribution >= 0.6 is 0 Å². The second-order valence-electron chi connectivity index (χ2n) is 2.88. The minimum atomic E-state index is 0. The van der Waals surface area contributed by atoms with Crippen LogP contribution in [0.1, 0.15) is 30.9 Å². The molecule has 0 heterocycles. The number of hydrogen-bond donors (Lipinski definition) is 0. The van der Waals surface area contributed by atoms with Crippen LogP contribution in [0.25, 0.3) is 0 Å². The standard InChI is InChI=1S/C10H11O.U/c1-8(2)10-5-3-4-9(6-10)7-11;/h3-6,8H,1-2H3;/q-1;. The van der Waals surface area contributed by atoms with Crippen molar-refractivity contribution in [2.75, 3.05) is 0 Å². The van der Waals surface area contributed by atoms with Crippen LogP contribution in [-0.2, 0) is 4.79 Å². The summed E-state index contributed by atoms with van der Waals surface area (Å²) in [5, 5.41) is 0. The Morgan fingerprint density at radius 2 is 2.00 bits per heavy atom. The van der Waals surface area contributed by atoms with E-state index < -0.39 is 0 Å². The maximum Gasteiger partial charge on any atom is 0.0627 e. The topological polar surface area (TPSA) is 17.1 Å². The first-order valence-electron chi connectivity index (χ1n) is 3.72. The molecule has 0 spiro atoms. The van der Waals surface area contributed by atoms with Gasteiger partial charge >= 0.3 is 0 Å². The van der Waals surface area contributed by atoms with E-state index in [9.17, 15) is 4.79 Å². The molecular weight excluding hydrogens is 374 g/mol. The van der Waals surface area contributed by atoms with E-state index in [-0.39, 0.29) is 31.1 Å². The van der Waals surface area contributed by atoms with E-state index >= 15 is 0 Å². The summed E-state index contributed by atoms with van der Waals surface area (Å²) in [6.45, 7) is 4.20. The van der Waals surface area contributed by atoms with Crippen molar-refractivity contribution >= 4 is 6.29 Å². The van der Waals surface area contributed by atoms with Gasteiger partial charge in [-0.15, -0.1) is 11.6 Å². The molecule has 62 valence electrons. The largest absolute Gasteiger partial charge is 0.376 e. The average molecular weight is 385 g/mol. The average Bonchev–Trinajstić information content (AvgIpc) is 2.05. The Kier molecular flexibility index (Phi) is 5.54. The van der Waals surface area contributed by atoms with Gasteiger partial charge in [0, 0.05) is 31.1 Å². The molecule has 0 aliphatic rings. The molecule has 0 aromatic heterocycles. The number of benzene rings is 1. The zero-order valence-electron chi connectivity index (χ0n) is 7.29. The second-order valence-corrected chi connectivity index (χ2v) is 2.88. The van der Waals surface area contributed by atoms with Gasteiger partial charge in [0.05, 0.1) is 6.29 Å². The number of carbonyl (C=O) groups excluding carboxylic acids is 1. The Hall–Kier alpha value is -0.0581. The van der Waals surface area contributed by atoms with E-state index in [1.54, 1.807) is 6.07 Å². The summed E-state index contributed by atoms with van der Waals surface area (Å²) < 4.78 is 0. The molecule has 0 radical (unpaired) electrons. The monoisotopic (exact) mass is 385 g/mol. The molecule has 1 aromatic carbocycles. The summed E-state index contributed by atoms with van der Waals surface area (Å²) in [7, 11) is 0. The molecule has 0 saturated carbocycles. The summed E-state index contributed by atoms with van der Waals surface area (Å²) in [5.41, 5.74) is 1.82. The van der Waals surface area contributed by atoms with Crippen LogP contribution in [0, 0.1) is 31.1 Å². The predicted molar refractivity (Wildman–Crippen MR) is 45.3 cm³/mol. The molecule has 0 N–H and O–H groups in total. The van der Waals surface area contributed by atoms with E-state index in [4.69, 9.17) is 0 Å². The smallest absolute Gasteiger partial charge is 0.0627 e. The Balaban J connectivity index is 0.00000121. The summed E-state index contributed by atoms with van der Waals surface area (Å²) >= 11 is 0. The van der Waals surface area contributed by atoms with Crippen molar-refractivity contribution in [3.05, 3.63) is 35.4 Å². The maximum atomic E-state index is 10.3. The second kappa shape index (κ2) is 5.56. The van der Waals surface area contributed by atoms with Gasteiger partial charge in [0.25, 0.3) is 0 Å². The third kappa shape index (κ3) is 3.13. The zero-order chi connectivity index (χ0) is 8.27. The zero-order valence-corrected chi connectivity index (χ0v) is 11.5. The van der Waals surface area contributed by atoms with Crippen LogP contribution in [-0.4, -0.2) is 6.29 Å². The molecule has 12 heavy (non-hydrogen) atoms. The van der Waals surface area contributed by atoms with E-state index in [0.29, 0.717) is 11.5 Å². The quantitative estimate of drug-likeness (QED) is 0.714. The van der Waals surface area contributed by atoms with Gasteiger partial charge in [0.15, 0.2) is 0 Å². The van der Waals surface area contributed by atoms with Gasteiger partial charge < -0.3 is 4.79 Å². The van der Waals surface area contributed by atoms with Crippen LogP contribution in [0.4, 0.5) is 0 Å². The van der Waals surface area contributed by atoms with E-state index in [1.165, 1.54) is 5.56 Å². The first-order valence-corrected chi connectivity index (χ1v) is 3.72. The van der Waals surface area contributed by atoms with E-state index in [2.05, 4.69) is 13.8 Å². The molecule has 0 aliphatic heterocycles. The van der Waals surface area contributed by atoms with E-state index in [0.717, 1.165) is 0 Å². The van der Waals surface area contributed by atoms with Gasteiger partial charge in [0.2, 0.25) is 0 Å². The fourth-order valence-corrected chi connectivity index (χ4v) is 0.961. The Bertz CT molecular complexity index is 256. The molecule has 0 amide bonds. The number of hydrogen-bond acceptors (Lipinski definition) is 1. The fraction of sp³-hybridized carbons (Fsp3) is 0.300. The molecule has 0 saturated heterocycles. The molecule has 1 rings (SSSR count). The van der Waals surface area contributed by atoms with E-state index in [1.807, 2.05) is 24.5 Å². The first-order chi connectivity index (χ1) is 5.24. The molecule has 2 heteroatoms. The van der Waals surface area contributed by atoms with Crippen molar-refractivity contribution in [1.29, 1.82) is 0 Å². The van der Waals surface area contributed by atoms with Gasteiger partial charge in [-0.1, -0.05) is 19.9 Å². The predicted octanol–water partition coefficient (Wildman–Crippen LogP) is 2.27. The molecular formula is C10H11OU-. The summed E-state index contributed by atoms with van der Waals surface area (Å²) in [4.78, 5) is 10.3. The van der Waals surface area contributed by atoms with Crippen molar-refractivity contribution in [2.24, 2.45) is 0 Å². The van der Waals surface area contributed by atoms with Crippen molar-refractivity contribution in [1.82, 2.24) is 0 Å². The molecule has 0 fully saturated rings. The van der Waals surface area contributed by atoms with Gasteiger partial charge in [-0.25, -0.2) is 0 Å². The molecule has 0 unspecified atom stereocenters. The number of rotatable bonds is 2. The SMILES string of the molecule is CC(C)c1cccc([C-]=O)c1.[U]. The van der Waals surface area contributed by atoms with Crippen molar-refractivity contribution in [3.63, 3.8) is 0 Å². The van der Waals surface area contributed by atoms with Crippen LogP contribution in [0.15, 0.2) is 24.3 Å². The van der Waals surface area contributed by atoms with Crippen LogP contribution < -0.4 is 0 Å². The van der Waals surface area contributed by atoms with Gasteiger partial charge in [0.1, 0.15) is 0 Å².